The Bertz CT molecular complexity index is 570. The van der Waals surface area contributed by atoms with Gasteiger partial charge in [0.25, 0.3) is 0 Å². The number of carbonyl (C=O) groups excluding carboxylic acids is 2. The monoisotopic (exact) mass is 344 g/mol. The van der Waals surface area contributed by atoms with Crippen LogP contribution in [0.1, 0.15) is 44.2 Å². The Kier molecular flexibility index (Phi) is 6.39. The minimum absolute atomic E-state index is 0.0595. The molecule has 2 amide bonds. The molecule has 2 aliphatic rings. The fourth-order valence-electron chi connectivity index (χ4n) is 3.61. The number of aromatic nitrogens is 1. The Morgan fingerprint density at radius 3 is 2.68 bits per heavy atom. The fourth-order valence-corrected chi connectivity index (χ4v) is 3.61. The molecule has 3 rings (SSSR count). The number of hydrogen-bond acceptors (Lipinski definition) is 4. The maximum Gasteiger partial charge on any atom is 0.237 e. The van der Waals surface area contributed by atoms with Crippen molar-refractivity contribution in [3.8, 4) is 0 Å². The van der Waals surface area contributed by atoms with E-state index < -0.39 is 0 Å². The Labute approximate surface area is 149 Å². The highest BCUT2D eigenvalue weighted by atomic mass is 16.2. The summed E-state index contributed by atoms with van der Waals surface area (Å²) in [7, 11) is 0. The number of rotatable bonds is 6. The van der Waals surface area contributed by atoms with Crippen LogP contribution in [0.5, 0.6) is 0 Å². The molecule has 0 aliphatic carbocycles. The van der Waals surface area contributed by atoms with Gasteiger partial charge < -0.3 is 10.2 Å². The van der Waals surface area contributed by atoms with Crippen LogP contribution in [0.15, 0.2) is 24.4 Å². The summed E-state index contributed by atoms with van der Waals surface area (Å²) in [4.78, 5) is 32.9. The Morgan fingerprint density at radius 1 is 1.24 bits per heavy atom. The van der Waals surface area contributed by atoms with E-state index in [2.05, 4.69) is 15.2 Å². The number of nitrogens with one attached hydrogen (secondary N) is 1. The van der Waals surface area contributed by atoms with E-state index in [1.54, 1.807) is 6.20 Å². The summed E-state index contributed by atoms with van der Waals surface area (Å²) in [6.45, 7) is 3.54. The van der Waals surface area contributed by atoms with Crippen LogP contribution in [0.25, 0.3) is 0 Å². The van der Waals surface area contributed by atoms with Gasteiger partial charge in [0, 0.05) is 25.2 Å². The summed E-state index contributed by atoms with van der Waals surface area (Å²) >= 11 is 0. The van der Waals surface area contributed by atoms with Crippen LogP contribution in [0.2, 0.25) is 0 Å². The predicted octanol–water partition coefficient (Wildman–Crippen LogP) is 1.56. The minimum Gasteiger partial charge on any atom is -0.352 e. The first kappa shape index (κ1) is 17.9. The Morgan fingerprint density at radius 2 is 2.04 bits per heavy atom. The first-order chi connectivity index (χ1) is 12.2. The van der Waals surface area contributed by atoms with Gasteiger partial charge in [-0.2, -0.15) is 0 Å². The quantitative estimate of drug-likeness (QED) is 0.851. The normalized spacial score (nSPS) is 21.6. The van der Waals surface area contributed by atoms with Gasteiger partial charge in [-0.05, 0) is 44.5 Å². The van der Waals surface area contributed by atoms with Crippen LogP contribution < -0.4 is 5.32 Å². The van der Waals surface area contributed by atoms with Gasteiger partial charge >= 0.3 is 0 Å². The second-order valence-electron chi connectivity index (χ2n) is 7.09. The molecule has 6 heteroatoms. The first-order valence-electron chi connectivity index (χ1n) is 9.40. The van der Waals surface area contributed by atoms with Crippen molar-refractivity contribution in [2.45, 2.75) is 51.1 Å². The van der Waals surface area contributed by atoms with Gasteiger partial charge in [0.1, 0.15) is 0 Å². The molecule has 0 unspecified atom stereocenters. The maximum atomic E-state index is 12.9. The van der Waals surface area contributed by atoms with Gasteiger partial charge in [-0.25, -0.2) is 0 Å². The molecule has 0 saturated carbocycles. The van der Waals surface area contributed by atoms with Crippen molar-refractivity contribution >= 4 is 11.8 Å². The molecule has 1 aromatic heterocycles. The molecule has 136 valence electrons. The number of amides is 2. The third kappa shape index (κ3) is 5.53. The van der Waals surface area contributed by atoms with Crippen LogP contribution in [0.3, 0.4) is 0 Å². The number of likely N-dealkylation sites (tertiary alicyclic amines) is 1. The van der Waals surface area contributed by atoms with Gasteiger partial charge in [0.15, 0.2) is 0 Å². The van der Waals surface area contributed by atoms with Crippen molar-refractivity contribution in [3.63, 3.8) is 0 Å². The smallest absolute Gasteiger partial charge is 0.237 e. The molecule has 0 spiro atoms. The van der Waals surface area contributed by atoms with Crippen molar-refractivity contribution in [3.05, 3.63) is 30.1 Å². The number of nitrogens with zero attached hydrogens (tertiary/aromatic N) is 3. The van der Waals surface area contributed by atoms with E-state index in [9.17, 15) is 9.59 Å². The molecule has 0 bridgehead atoms. The SMILES string of the molecule is O=C1CC[C@@H](CN(Cc2ccccn2)C(=O)CN2CCCCCC2)N1. The molecule has 0 aromatic carbocycles. The average Bonchev–Trinajstić information content (AvgIpc) is 2.86. The third-order valence-corrected chi connectivity index (χ3v) is 5.02. The topological polar surface area (TPSA) is 65.5 Å². The van der Waals surface area contributed by atoms with Gasteiger partial charge in [-0.1, -0.05) is 18.9 Å². The van der Waals surface area contributed by atoms with E-state index in [0.29, 0.717) is 26.1 Å². The number of carbonyl (C=O) groups is 2. The molecule has 2 aliphatic heterocycles. The van der Waals surface area contributed by atoms with Gasteiger partial charge in [0.05, 0.1) is 18.8 Å². The summed E-state index contributed by atoms with van der Waals surface area (Å²) in [5, 5.41) is 2.97. The van der Waals surface area contributed by atoms with E-state index in [0.717, 1.165) is 25.2 Å². The Hall–Kier alpha value is -1.95. The zero-order chi connectivity index (χ0) is 17.5. The summed E-state index contributed by atoms with van der Waals surface area (Å²) in [5.74, 6) is 0.219. The van der Waals surface area contributed by atoms with Crippen molar-refractivity contribution in [2.75, 3.05) is 26.2 Å². The second kappa shape index (κ2) is 8.94. The molecule has 2 saturated heterocycles. The van der Waals surface area contributed by atoms with Gasteiger partial charge in [0.2, 0.25) is 11.8 Å². The third-order valence-electron chi connectivity index (χ3n) is 5.02. The van der Waals surface area contributed by atoms with Gasteiger partial charge in [-0.3, -0.25) is 19.5 Å². The van der Waals surface area contributed by atoms with Crippen LogP contribution in [0, 0.1) is 0 Å². The lowest BCUT2D eigenvalue weighted by Gasteiger charge is -2.28. The van der Waals surface area contributed by atoms with E-state index in [-0.39, 0.29) is 17.9 Å². The first-order valence-corrected chi connectivity index (χ1v) is 9.40. The maximum absolute atomic E-state index is 12.9. The van der Waals surface area contributed by atoms with Crippen LogP contribution in [0.4, 0.5) is 0 Å². The molecule has 1 N–H and O–H groups in total. The van der Waals surface area contributed by atoms with Crippen molar-refractivity contribution in [1.82, 2.24) is 20.1 Å². The van der Waals surface area contributed by atoms with Crippen LogP contribution in [-0.4, -0.2) is 58.8 Å². The summed E-state index contributed by atoms with van der Waals surface area (Å²) in [6.07, 6.45) is 7.98. The molecule has 2 fully saturated rings. The molecule has 1 atom stereocenters. The lowest BCUT2D eigenvalue weighted by Crippen LogP contribution is -2.46. The zero-order valence-corrected chi connectivity index (χ0v) is 14.8. The highest BCUT2D eigenvalue weighted by Crippen LogP contribution is 2.13. The lowest BCUT2D eigenvalue weighted by molar-refractivity contribution is -0.133. The summed E-state index contributed by atoms with van der Waals surface area (Å²) in [5.41, 5.74) is 0.885. The van der Waals surface area contributed by atoms with E-state index >= 15 is 0 Å². The van der Waals surface area contributed by atoms with Crippen molar-refractivity contribution in [1.29, 1.82) is 0 Å². The highest BCUT2D eigenvalue weighted by Gasteiger charge is 2.26. The fraction of sp³-hybridized carbons (Fsp3) is 0.632. The highest BCUT2D eigenvalue weighted by molar-refractivity contribution is 5.80. The van der Waals surface area contributed by atoms with Crippen molar-refractivity contribution in [2.24, 2.45) is 0 Å². The molecule has 6 nitrogen and oxygen atoms in total. The number of hydrogen-bond donors (Lipinski definition) is 1. The summed E-state index contributed by atoms with van der Waals surface area (Å²) in [6, 6.07) is 5.82. The van der Waals surface area contributed by atoms with Crippen LogP contribution >= 0.6 is 0 Å². The second-order valence-corrected chi connectivity index (χ2v) is 7.09. The molecule has 25 heavy (non-hydrogen) atoms. The standard InChI is InChI=1S/C19H28N4O2/c24-18-9-8-17(21-18)14-23(13-16-7-3-4-10-20-16)19(25)15-22-11-5-1-2-6-12-22/h3-4,7,10,17H,1-2,5-6,8-9,11-15H2,(H,21,24)/t17-/m0/s1. The molecular formula is C19H28N4O2. The average molecular weight is 344 g/mol. The minimum atomic E-state index is 0.0595. The van der Waals surface area contributed by atoms with Crippen molar-refractivity contribution < 1.29 is 9.59 Å². The van der Waals surface area contributed by atoms with E-state index in [1.807, 2.05) is 23.1 Å². The molecule has 3 heterocycles. The largest absolute Gasteiger partial charge is 0.352 e. The predicted molar refractivity (Wildman–Crippen MR) is 95.7 cm³/mol. The zero-order valence-electron chi connectivity index (χ0n) is 14.8. The van der Waals surface area contributed by atoms with Gasteiger partial charge in [-0.15, -0.1) is 0 Å². The summed E-state index contributed by atoms with van der Waals surface area (Å²) < 4.78 is 0. The molecule has 1 aromatic rings. The number of pyridine rings is 1. The lowest BCUT2D eigenvalue weighted by atomic mass is 10.2. The van der Waals surface area contributed by atoms with E-state index in [4.69, 9.17) is 0 Å². The molecular weight excluding hydrogens is 316 g/mol. The Balaban J connectivity index is 1.63. The van der Waals surface area contributed by atoms with Crippen LogP contribution in [-0.2, 0) is 16.1 Å². The van der Waals surface area contributed by atoms with E-state index in [1.165, 1.54) is 25.7 Å². The molecule has 0 radical (unpaired) electrons.